The fourth-order valence-corrected chi connectivity index (χ4v) is 3.44. The SMILES string of the molecule is CCOc1ccc(Br)cc1-c1cc(-c2cccc(Br)c2)nc(N)c1C#N. The number of nitrogens with two attached hydrogens (primary N) is 1. The first-order chi connectivity index (χ1) is 12.5. The summed E-state index contributed by atoms with van der Waals surface area (Å²) in [6, 6.07) is 17.5. The lowest BCUT2D eigenvalue weighted by atomic mass is 9.97. The number of nitrogen functional groups attached to an aromatic ring is 1. The molecule has 6 heteroatoms. The zero-order valence-corrected chi connectivity index (χ0v) is 17.1. The van der Waals surface area contributed by atoms with Crippen molar-refractivity contribution in [2.24, 2.45) is 0 Å². The molecule has 130 valence electrons. The second-order valence-corrected chi connectivity index (χ2v) is 7.34. The first-order valence-corrected chi connectivity index (χ1v) is 9.51. The molecule has 3 rings (SSSR count). The number of hydrogen-bond acceptors (Lipinski definition) is 4. The minimum atomic E-state index is 0.197. The summed E-state index contributed by atoms with van der Waals surface area (Å²) in [5, 5.41) is 9.63. The van der Waals surface area contributed by atoms with Gasteiger partial charge in [0.15, 0.2) is 0 Å². The molecule has 0 atom stereocenters. The number of nitrogens with zero attached hydrogens (tertiary/aromatic N) is 2. The Hall–Kier alpha value is -2.36. The lowest BCUT2D eigenvalue weighted by molar-refractivity contribution is 0.341. The summed E-state index contributed by atoms with van der Waals surface area (Å²) in [7, 11) is 0. The van der Waals surface area contributed by atoms with Crippen LogP contribution < -0.4 is 10.5 Å². The van der Waals surface area contributed by atoms with Gasteiger partial charge in [-0.2, -0.15) is 5.26 Å². The minimum absolute atomic E-state index is 0.197. The molecule has 0 radical (unpaired) electrons. The van der Waals surface area contributed by atoms with E-state index in [1.165, 1.54) is 0 Å². The summed E-state index contributed by atoms with van der Waals surface area (Å²) in [5.41, 5.74) is 9.54. The van der Waals surface area contributed by atoms with E-state index in [-0.39, 0.29) is 5.82 Å². The molecule has 0 aliphatic carbocycles. The second-order valence-electron chi connectivity index (χ2n) is 5.51. The molecule has 0 fully saturated rings. The maximum atomic E-state index is 9.63. The molecule has 1 aromatic heterocycles. The van der Waals surface area contributed by atoms with E-state index in [0.29, 0.717) is 29.2 Å². The van der Waals surface area contributed by atoms with Crippen LogP contribution >= 0.6 is 31.9 Å². The third-order valence-corrected chi connectivity index (χ3v) is 4.80. The Morgan fingerprint density at radius 2 is 1.85 bits per heavy atom. The Labute approximate surface area is 168 Å². The van der Waals surface area contributed by atoms with Crippen molar-refractivity contribution in [2.75, 3.05) is 12.3 Å². The van der Waals surface area contributed by atoms with Gasteiger partial charge in [-0.25, -0.2) is 4.98 Å². The molecule has 0 unspecified atom stereocenters. The van der Waals surface area contributed by atoms with Gasteiger partial charge < -0.3 is 10.5 Å². The topological polar surface area (TPSA) is 71.9 Å². The molecule has 0 aliphatic rings. The molecule has 2 aromatic carbocycles. The highest BCUT2D eigenvalue weighted by molar-refractivity contribution is 9.10. The molecule has 4 nitrogen and oxygen atoms in total. The Balaban J connectivity index is 2.28. The summed E-state index contributed by atoms with van der Waals surface area (Å²) < 4.78 is 7.58. The molecular formula is C20H15Br2N3O. The largest absolute Gasteiger partial charge is 0.493 e. The van der Waals surface area contributed by atoms with Gasteiger partial charge in [-0.3, -0.25) is 0 Å². The number of nitriles is 1. The lowest BCUT2D eigenvalue weighted by Crippen LogP contribution is -2.01. The van der Waals surface area contributed by atoms with Crippen molar-refractivity contribution >= 4 is 37.7 Å². The number of benzene rings is 2. The molecule has 0 aliphatic heterocycles. The van der Waals surface area contributed by atoms with Crippen molar-refractivity contribution in [3.8, 4) is 34.2 Å². The zero-order chi connectivity index (χ0) is 18.7. The monoisotopic (exact) mass is 471 g/mol. The Morgan fingerprint density at radius 1 is 1.08 bits per heavy atom. The van der Waals surface area contributed by atoms with Crippen LogP contribution in [-0.4, -0.2) is 11.6 Å². The fraction of sp³-hybridized carbons (Fsp3) is 0.100. The van der Waals surface area contributed by atoms with E-state index in [1.807, 2.05) is 55.5 Å². The summed E-state index contributed by atoms with van der Waals surface area (Å²) >= 11 is 6.96. The quantitative estimate of drug-likeness (QED) is 0.521. The minimum Gasteiger partial charge on any atom is -0.493 e. The standard InChI is InChI=1S/C20H15Br2N3O/c1-2-26-19-7-6-14(22)9-16(19)15-10-18(25-20(24)17(15)11-23)12-4-3-5-13(21)8-12/h3-10H,2H2,1H3,(H2,24,25). The van der Waals surface area contributed by atoms with Crippen LogP contribution in [0.25, 0.3) is 22.4 Å². The number of anilines is 1. The fourth-order valence-electron chi connectivity index (χ4n) is 2.68. The van der Waals surface area contributed by atoms with E-state index in [4.69, 9.17) is 10.5 Å². The number of ether oxygens (including phenoxy) is 1. The van der Waals surface area contributed by atoms with Crippen molar-refractivity contribution in [1.82, 2.24) is 4.98 Å². The van der Waals surface area contributed by atoms with Crippen molar-refractivity contribution in [1.29, 1.82) is 5.26 Å². The van der Waals surface area contributed by atoms with Gasteiger partial charge in [0.05, 0.1) is 12.3 Å². The molecule has 0 saturated carbocycles. The number of halogens is 2. The van der Waals surface area contributed by atoms with E-state index >= 15 is 0 Å². The normalized spacial score (nSPS) is 10.4. The predicted molar refractivity (Wildman–Crippen MR) is 111 cm³/mol. The molecule has 26 heavy (non-hydrogen) atoms. The van der Waals surface area contributed by atoms with Gasteiger partial charge in [-0.05, 0) is 43.3 Å². The van der Waals surface area contributed by atoms with Gasteiger partial charge in [0.1, 0.15) is 23.2 Å². The van der Waals surface area contributed by atoms with Gasteiger partial charge in [-0.1, -0.05) is 44.0 Å². The van der Waals surface area contributed by atoms with E-state index in [9.17, 15) is 5.26 Å². The molecule has 0 spiro atoms. The van der Waals surface area contributed by atoms with E-state index in [0.717, 1.165) is 20.1 Å². The van der Waals surface area contributed by atoms with Crippen molar-refractivity contribution in [3.05, 3.63) is 63.0 Å². The number of aromatic nitrogens is 1. The summed E-state index contributed by atoms with van der Waals surface area (Å²) in [6.45, 7) is 2.44. The van der Waals surface area contributed by atoms with E-state index in [1.54, 1.807) is 0 Å². The molecule has 0 saturated heterocycles. The predicted octanol–water partition coefficient (Wildman–Crippen LogP) is 5.79. The highest BCUT2D eigenvalue weighted by Gasteiger charge is 2.17. The molecule has 0 amide bonds. The van der Waals surface area contributed by atoms with Gasteiger partial charge in [0.2, 0.25) is 0 Å². The average Bonchev–Trinajstić information content (AvgIpc) is 2.62. The van der Waals surface area contributed by atoms with Crippen LogP contribution in [0.3, 0.4) is 0 Å². The summed E-state index contributed by atoms with van der Waals surface area (Å²) in [4.78, 5) is 4.42. The van der Waals surface area contributed by atoms with E-state index < -0.39 is 0 Å². The Morgan fingerprint density at radius 3 is 2.54 bits per heavy atom. The van der Waals surface area contributed by atoms with Crippen LogP contribution in [0.1, 0.15) is 12.5 Å². The van der Waals surface area contributed by atoms with Gasteiger partial charge >= 0.3 is 0 Å². The first-order valence-electron chi connectivity index (χ1n) is 7.92. The first kappa shape index (κ1) is 18.4. The lowest BCUT2D eigenvalue weighted by Gasteiger charge is -2.14. The van der Waals surface area contributed by atoms with Crippen LogP contribution in [0.15, 0.2) is 57.5 Å². The molecule has 3 aromatic rings. The summed E-state index contributed by atoms with van der Waals surface area (Å²) in [6.07, 6.45) is 0. The highest BCUT2D eigenvalue weighted by atomic mass is 79.9. The van der Waals surface area contributed by atoms with Crippen LogP contribution in [0, 0.1) is 11.3 Å². The van der Waals surface area contributed by atoms with E-state index in [2.05, 4.69) is 42.9 Å². The Bertz CT molecular complexity index is 1010. The van der Waals surface area contributed by atoms with Gasteiger partial charge in [0, 0.05) is 25.6 Å². The third-order valence-electron chi connectivity index (χ3n) is 3.81. The van der Waals surface area contributed by atoms with Gasteiger partial charge in [0.25, 0.3) is 0 Å². The van der Waals surface area contributed by atoms with Crippen molar-refractivity contribution in [2.45, 2.75) is 6.92 Å². The zero-order valence-electron chi connectivity index (χ0n) is 14.0. The highest BCUT2D eigenvalue weighted by Crippen LogP contribution is 2.38. The third kappa shape index (κ3) is 3.74. The van der Waals surface area contributed by atoms with Crippen LogP contribution in [0.4, 0.5) is 5.82 Å². The maximum Gasteiger partial charge on any atom is 0.142 e. The smallest absolute Gasteiger partial charge is 0.142 e. The summed E-state index contributed by atoms with van der Waals surface area (Å²) in [5.74, 6) is 0.889. The van der Waals surface area contributed by atoms with Crippen LogP contribution in [0.2, 0.25) is 0 Å². The second kappa shape index (κ2) is 7.90. The van der Waals surface area contributed by atoms with Crippen molar-refractivity contribution in [3.63, 3.8) is 0 Å². The number of rotatable bonds is 4. The molecule has 1 heterocycles. The van der Waals surface area contributed by atoms with Crippen LogP contribution in [-0.2, 0) is 0 Å². The van der Waals surface area contributed by atoms with Crippen LogP contribution in [0.5, 0.6) is 5.75 Å². The van der Waals surface area contributed by atoms with Crippen molar-refractivity contribution < 1.29 is 4.74 Å². The Kier molecular flexibility index (Phi) is 5.60. The molecule has 2 N–H and O–H groups in total. The number of hydrogen-bond donors (Lipinski definition) is 1. The number of pyridine rings is 1. The molecule has 0 bridgehead atoms. The maximum absolute atomic E-state index is 9.63. The molecular weight excluding hydrogens is 458 g/mol. The average molecular weight is 473 g/mol. The van der Waals surface area contributed by atoms with Gasteiger partial charge in [-0.15, -0.1) is 0 Å².